The third-order valence-electron chi connectivity index (χ3n) is 9.99. The largest absolute Gasteiger partial charge is 0.573 e. The maximum atomic E-state index is 12.7. The quantitative estimate of drug-likeness (QED) is 0.199. The predicted octanol–water partition coefficient (Wildman–Crippen LogP) is 9.61. The van der Waals surface area contributed by atoms with Crippen LogP contribution in [0.25, 0.3) is 22.0 Å². The number of ether oxygens (including phenoxy) is 1. The van der Waals surface area contributed by atoms with Crippen LogP contribution in [0, 0.1) is 11.3 Å². The van der Waals surface area contributed by atoms with Gasteiger partial charge in [0, 0.05) is 47.3 Å². The number of fused-ring (bicyclic) bond motifs is 1. The Morgan fingerprint density at radius 3 is 2.56 bits per heavy atom. The molecule has 240 valence electrons. The molecule has 2 N–H and O–H groups in total. The summed E-state index contributed by atoms with van der Waals surface area (Å²) in [7, 11) is 0. The number of aromatic nitrogens is 1. The van der Waals surface area contributed by atoms with Crippen LogP contribution in [-0.2, 0) is 19.5 Å². The number of likely N-dealkylation sites (tertiary alicyclic amines) is 1. The fraction of sp³-hybridized carbons (Fsp3) is 0.459. The molecule has 45 heavy (non-hydrogen) atoms. The number of nitrogens with zero attached hydrogens (tertiary/aromatic N) is 2. The van der Waals surface area contributed by atoms with E-state index in [0.717, 1.165) is 66.1 Å². The van der Waals surface area contributed by atoms with Crippen LogP contribution in [0.2, 0.25) is 5.02 Å². The number of hydrogen-bond donors (Lipinski definition) is 1. The molecule has 2 aliphatic rings. The van der Waals surface area contributed by atoms with Gasteiger partial charge < -0.3 is 15.0 Å². The van der Waals surface area contributed by atoms with Gasteiger partial charge in [0.25, 0.3) is 0 Å². The van der Waals surface area contributed by atoms with Crippen molar-refractivity contribution in [2.75, 3.05) is 19.6 Å². The van der Waals surface area contributed by atoms with Gasteiger partial charge in [-0.3, -0.25) is 4.90 Å². The van der Waals surface area contributed by atoms with Crippen molar-refractivity contribution in [3.63, 3.8) is 0 Å². The van der Waals surface area contributed by atoms with Gasteiger partial charge in [-0.05, 0) is 110 Å². The minimum Gasteiger partial charge on any atom is -0.406 e. The first-order valence-corrected chi connectivity index (χ1v) is 16.7. The molecule has 1 saturated carbocycles. The number of hydrogen-bond acceptors (Lipinski definition) is 3. The normalized spacial score (nSPS) is 21.3. The van der Waals surface area contributed by atoms with Crippen molar-refractivity contribution >= 4 is 22.5 Å². The third kappa shape index (κ3) is 7.87. The van der Waals surface area contributed by atoms with Gasteiger partial charge in [-0.25, -0.2) is 0 Å². The van der Waals surface area contributed by atoms with Gasteiger partial charge in [-0.1, -0.05) is 67.3 Å². The second kappa shape index (κ2) is 13.8. The molecular weight excluding hydrogens is 595 g/mol. The average Bonchev–Trinajstić information content (AvgIpc) is 3.58. The minimum absolute atomic E-state index is 0.217. The molecule has 1 aromatic heterocycles. The Hall–Kier alpha value is -3.00. The van der Waals surface area contributed by atoms with Crippen LogP contribution < -0.4 is 10.5 Å². The number of benzene rings is 3. The van der Waals surface area contributed by atoms with Crippen molar-refractivity contribution in [2.45, 2.75) is 77.2 Å². The first-order valence-electron chi connectivity index (χ1n) is 16.3. The molecule has 0 amide bonds. The van der Waals surface area contributed by atoms with E-state index < -0.39 is 6.36 Å². The van der Waals surface area contributed by atoms with Gasteiger partial charge in [0.15, 0.2) is 0 Å². The number of alkyl halides is 3. The zero-order chi connectivity index (χ0) is 31.4. The molecule has 3 aromatic carbocycles. The Morgan fingerprint density at radius 2 is 1.78 bits per heavy atom. The fourth-order valence-electron chi connectivity index (χ4n) is 7.68. The van der Waals surface area contributed by atoms with Crippen LogP contribution in [0.1, 0.15) is 62.5 Å². The Kier molecular flexibility index (Phi) is 9.79. The molecule has 2 atom stereocenters. The summed E-state index contributed by atoms with van der Waals surface area (Å²) in [6.07, 6.45) is 8.28. The predicted molar refractivity (Wildman–Crippen MR) is 176 cm³/mol. The standard InChI is InChI=1S/C37H43ClF3N3O/c38-34-8-2-1-7-30(34)22-27-6-3-4-16-36(17-15-27)18-21-43(26-36)24-28-9-14-35-32(23-28)33(25-44(35)20-5-19-42)29-10-12-31(13-11-29)45-37(39,40)41/h1-2,7-14,23,25,27H,3-6,15-22,24,26,42H2. The number of aryl methyl sites for hydroxylation is 1. The first kappa shape index (κ1) is 32.0. The number of halogens is 4. The molecule has 2 unspecified atom stereocenters. The van der Waals surface area contributed by atoms with Crippen molar-refractivity contribution < 1.29 is 17.9 Å². The van der Waals surface area contributed by atoms with Crippen LogP contribution >= 0.6 is 11.6 Å². The first-order chi connectivity index (χ1) is 21.7. The second-order valence-corrected chi connectivity index (χ2v) is 13.6. The van der Waals surface area contributed by atoms with Crippen molar-refractivity contribution in [1.82, 2.24) is 9.47 Å². The average molecular weight is 638 g/mol. The highest BCUT2D eigenvalue weighted by atomic mass is 35.5. The van der Waals surface area contributed by atoms with Crippen LogP contribution in [-0.4, -0.2) is 35.5 Å². The lowest BCUT2D eigenvalue weighted by atomic mass is 9.72. The third-order valence-corrected chi connectivity index (χ3v) is 10.4. The lowest BCUT2D eigenvalue weighted by Gasteiger charge is -2.34. The zero-order valence-electron chi connectivity index (χ0n) is 25.8. The molecule has 2 heterocycles. The van der Waals surface area contributed by atoms with Crippen molar-refractivity contribution in [3.8, 4) is 16.9 Å². The second-order valence-electron chi connectivity index (χ2n) is 13.2. The highest BCUT2D eigenvalue weighted by molar-refractivity contribution is 6.31. The Bertz CT molecular complexity index is 1580. The van der Waals surface area contributed by atoms with Gasteiger partial charge in [0.05, 0.1) is 0 Å². The van der Waals surface area contributed by atoms with E-state index in [-0.39, 0.29) is 5.75 Å². The molecule has 0 radical (unpaired) electrons. The SMILES string of the molecule is NCCCn1cc(-c2ccc(OC(F)(F)F)cc2)c2cc(CN3CCC4(CCCCC(Cc5ccccc5Cl)CC4)C3)ccc21. The van der Waals surface area contributed by atoms with Crippen LogP contribution in [0.5, 0.6) is 5.75 Å². The summed E-state index contributed by atoms with van der Waals surface area (Å²) >= 11 is 6.51. The van der Waals surface area contributed by atoms with Crippen molar-refractivity contribution in [1.29, 1.82) is 0 Å². The Morgan fingerprint density at radius 1 is 0.956 bits per heavy atom. The highest BCUT2D eigenvalue weighted by Gasteiger charge is 2.38. The van der Waals surface area contributed by atoms with E-state index in [1.54, 1.807) is 12.1 Å². The maximum Gasteiger partial charge on any atom is 0.573 e. The summed E-state index contributed by atoms with van der Waals surface area (Å²) in [6.45, 7) is 4.52. The lowest BCUT2D eigenvalue weighted by Crippen LogP contribution is -2.29. The van der Waals surface area contributed by atoms with Crippen molar-refractivity contribution in [2.24, 2.45) is 17.1 Å². The summed E-state index contributed by atoms with van der Waals surface area (Å²) in [5.41, 5.74) is 11.7. The van der Waals surface area contributed by atoms with Gasteiger partial charge in [-0.2, -0.15) is 0 Å². The summed E-state index contributed by atoms with van der Waals surface area (Å²) in [6, 6.07) is 21.2. The molecule has 8 heteroatoms. The molecule has 4 aromatic rings. The van der Waals surface area contributed by atoms with Crippen LogP contribution in [0.15, 0.2) is 72.9 Å². The number of rotatable bonds is 9. The fourth-order valence-corrected chi connectivity index (χ4v) is 7.89. The molecular formula is C37H43ClF3N3O. The number of nitrogens with two attached hydrogens (primary N) is 1. The summed E-state index contributed by atoms with van der Waals surface area (Å²) in [5, 5.41) is 2.00. The molecule has 1 aliphatic heterocycles. The van der Waals surface area contributed by atoms with E-state index in [1.807, 2.05) is 12.1 Å². The Labute approximate surface area is 269 Å². The zero-order valence-corrected chi connectivity index (χ0v) is 26.6. The molecule has 1 spiro atoms. The van der Waals surface area contributed by atoms with Gasteiger partial charge in [0.2, 0.25) is 0 Å². The molecule has 1 aliphatic carbocycles. The van der Waals surface area contributed by atoms with Gasteiger partial charge >= 0.3 is 6.36 Å². The van der Waals surface area contributed by atoms with E-state index in [9.17, 15) is 13.2 Å². The smallest absolute Gasteiger partial charge is 0.406 e. The monoisotopic (exact) mass is 637 g/mol. The van der Waals surface area contributed by atoms with Gasteiger partial charge in [0.1, 0.15) is 5.75 Å². The highest BCUT2D eigenvalue weighted by Crippen LogP contribution is 2.44. The summed E-state index contributed by atoms with van der Waals surface area (Å²) in [4.78, 5) is 2.63. The van der Waals surface area contributed by atoms with Crippen molar-refractivity contribution in [3.05, 3.63) is 89.1 Å². The van der Waals surface area contributed by atoms with E-state index >= 15 is 0 Å². The van der Waals surface area contributed by atoms with E-state index in [2.05, 4.69) is 50.7 Å². The van der Waals surface area contributed by atoms with E-state index in [4.69, 9.17) is 17.3 Å². The van der Waals surface area contributed by atoms with Crippen LogP contribution in [0.4, 0.5) is 13.2 Å². The minimum atomic E-state index is -4.71. The van der Waals surface area contributed by atoms with Gasteiger partial charge in [-0.15, -0.1) is 13.2 Å². The molecule has 2 fully saturated rings. The van der Waals surface area contributed by atoms with Crippen LogP contribution in [0.3, 0.4) is 0 Å². The molecule has 6 rings (SSSR count). The molecule has 1 saturated heterocycles. The molecule has 4 nitrogen and oxygen atoms in total. The summed E-state index contributed by atoms with van der Waals surface area (Å²) < 4.78 is 44.5. The van der Waals surface area contributed by atoms with E-state index in [0.29, 0.717) is 17.9 Å². The summed E-state index contributed by atoms with van der Waals surface area (Å²) in [5.74, 6) is 0.473. The van der Waals surface area contributed by atoms with E-state index in [1.165, 1.54) is 68.2 Å². The topological polar surface area (TPSA) is 43.4 Å². The maximum absolute atomic E-state index is 12.7. The Balaban J connectivity index is 1.17. The lowest BCUT2D eigenvalue weighted by molar-refractivity contribution is -0.274. The molecule has 0 bridgehead atoms.